The number of morpholine rings is 1. The molecule has 0 amide bonds. The quantitative estimate of drug-likeness (QED) is 0.834. The van der Waals surface area contributed by atoms with Crippen LogP contribution in [0.1, 0.15) is 19.4 Å². The number of ether oxygens (including phenoxy) is 1. The molecule has 0 saturated carbocycles. The van der Waals surface area contributed by atoms with Crippen molar-refractivity contribution in [3.63, 3.8) is 0 Å². The summed E-state index contributed by atoms with van der Waals surface area (Å²) < 4.78 is 32.5. The van der Waals surface area contributed by atoms with Crippen molar-refractivity contribution < 1.29 is 18.3 Å². The second-order valence-corrected chi connectivity index (χ2v) is 7.77. The van der Waals surface area contributed by atoms with E-state index < -0.39 is 21.7 Å². The van der Waals surface area contributed by atoms with Crippen LogP contribution in [0.5, 0.6) is 0 Å². The van der Waals surface area contributed by atoms with Gasteiger partial charge in [0.25, 0.3) is 0 Å². The van der Waals surface area contributed by atoms with E-state index in [1.807, 2.05) is 13.8 Å². The summed E-state index contributed by atoms with van der Waals surface area (Å²) in [6.07, 6.45) is -0.513. The highest BCUT2D eigenvalue weighted by molar-refractivity contribution is 7.89. The van der Waals surface area contributed by atoms with Crippen molar-refractivity contribution in [1.29, 1.82) is 0 Å². The topological polar surface area (TPSA) is 92.9 Å². The Bertz CT molecular complexity index is 601. The van der Waals surface area contributed by atoms with E-state index in [1.165, 1.54) is 4.31 Å². The number of sulfonamides is 1. The zero-order chi connectivity index (χ0) is 15.7. The van der Waals surface area contributed by atoms with Gasteiger partial charge in [-0.2, -0.15) is 4.31 Å². The Balaban J connectivity index is 2.33. The van der Waals surface area contributed by atoms with Gasteiger partial charge >= 0.3 is 0 Å². The first-order chi connectivity index (χ1) is 9.78. The number of rotatable bonds is 4. The third-order valence-corrected chi connectivity index (χ3v) is 5.23. The molecule has 3 N–H and O–H groups in total. The van der Waals surface area contributed by atoms with E-state index in [-0.39, 0.29) is 31.1 Å². The fourth-order valence-corrected chi connectivity index (χ4v) is 4.19. The Morgan fingerprint density at radius 2 is 2.19 bits per heavy atom. The maximum absolute atomic E-state index is 12.8. The van der Waals surface area contributed by atoms with Crippen molar-refractivity contribution in [2.24, 2.45) is 5.73 Å². The van der Waals surface area contributed by atoms with E-state index in [9.17, 15) is 13.5 Å². The molecule has 118 valence electrons. The molecule has 1 aliphatic rings. The first-order valence-corrected chi connectivity index (χ1v) is 8.30. The third kappa shape index (κ3) is 3.61. The Labute approximate surface area is 125 Å². The van der Waals surface area contributed by atoms with E-state index in [0.717, 1.165) is 5.56 Å². The van der Waals surface area contributed by atoms with Crippen molar-refractivity contribution in [1.82, 2.24) is 4.31 Å². The molecule has 1 aromatic carbocycles. The Hall–Kier alpha value is -0.990. The molecule has 1 fully saturated rings. The summed E-state index contributed by atoms with van der Waals surface area (Å²) in [5, 5.41) is 9.30. The fourth-order valence-electron chi connectivity index (χ4n) is 2.50. The second-order valence-electron chi connectivity index (χ2n) is 5.83. The van der Waals surface area contributed by atoms with Gasteiger partial charge in [0.15, 0.2) is 0 Å². The summed E-state index contributed by atoms with van der Waals surface area (Å²) in [5.74, 6) is 0. The van der Waals surface area contributed by atoms with Crippen LogP contribution in [0.2, 0.25) is 0 Å². The van der Waals surface area contributed by atoms with Gasteiger partial charge in [0.2, 0.25) is 10.0 Å². The molecule has 0 aliphatic carbocycles. The average molecular weight is 314 g/mol. The minimum Gasteiger partial charge on any atom is -0.394 e. The van der Waals surface area contributed by atoms with Crippen LogP contribution in [-0.2, 0) is 21.3 Å². The highest BCUT2D eigenvalue weighted by Gasteiger charge is 2.39. The largest absolute Gasteiger partial charge is 0.394 e. The molecule has 2 rings (SSSR count). The van der Waals surface area contributed by atoms with E-state index in [4.69, 9.17) is 10.5 Å². The molecule has 0 bridgehead atoms. The van der Waals surface area contributed by atoms with Crippen molar-refractivity contribution in [3.05, 3.63) is 29.8 Å². The van der Waals surface area contributed by atoms with Gasteiger partial charge in [-0.1, -0.05) is 12.1 Å². The highest BCUT2D eigenvalue weighted by Crippen LogP contribution is 2.26. The molecule has 0 radical (unpaired) electrons. The van der Waals surface area contributed by atoms with Crippen LogP contribution in [0.4, 0.5) is 0 Å². The number of hydrogen-bond acceptors (Lipinski definition) is 5. The van der Waals surface area contributed by atoms with Crippen LogP contribution in [-0.4, -0.2) is 49.2 Å². The summed E-state index contributed by atoms with van der Waals surface area (Å²) >= 11 is 0. The number of aliphatic hydroxyl groups is 1. The summed E-state index contributed by atoms with van der Waals surface area (Å²) in [4.78, 5) is 0.222. The van der Waals surface area contributed by atoms with E-state index in [2.05, 4.69) is 0 Å². The maximum atomic E-state index is 12.8. The Morgan fingerprint density at radius 3 is 2.81 bits per heavy atom. The number of nitrogens with zero attached hydrogens (tertiary/aromatic N) is 1. The van der Waals surface area contributed by atoms with Gasteiger partial charge in [0.1, 0.15) is 0 Å². The molecule has 0 aromatic heterocycles. The monoisotopic (exact) mass is 314 g/mol. The molecule has 7 heteroatoms. The summed E-state index contributed by atoms with van der Waals surface area (Å²) in [6.45, 7) is 4.10. The second kappa shape index (κ2) is 6.02. The van der Waals surface area contributed by atoms with Crippen molar-refractivity contribution in [3.8, 4) is 0 Å². The van der Waals surface area contributed by atoms with E-state index in [1.54, 1.807) is 24.3 Å². The molecule has 1 heterocycles. The lowest BCUT2D eigenvalue weighted by atomic mass is 10.1. The predicted molar refractivity (Wildman–Crippen MR) is 79.1 cm³/mol. The van der Waals surface area contributed by atoms with Crippen LogP contribution >= 0.6 is 0 Å². The zero-order valence-electron chi connectivity index (χ0n) is 12.3. The van der Waals surface area contributed by atoms with Gasteiger partial charge in [0.05, 0.1) is 23.2 Å². The maximum Gasteiger partial charge on any atom is 0.243 e. The number of aliphatic hydroxyl groups excluding tert-OH is 1. The van der Waals surface area contributed by atoms with Crippen LogP contribution < -0.4 is 5.73 Å². The molecule has 6 nitrogen and oxygen atoms in total. The molecule has 0 spiro atoms. The van der Waals surface area contributed by atoms with Crippen molar-refractivity contribution in [2.45, 2.75) is 37.0 Å². The van der Waals surface area contributed by atoms with Crippen molar-refractivity contribution >= 4 is 10.0 Å². The van der Waals surface area contributed by atoms with Gasteiger partial charge in [-0.25, -0.2) is 8.42 Å². The molecule has 1 unspecified atom stereocenters. The average Bonchev–Trinajstić information content (AvgIpc) is 2.45. The lowest BCUT2D eigenvalue weighted by Crippen LogP contribution is -2.55. The number of nitrogens with two attached hydrogens (primary N) is 1. The minimum absolute atomic E-state index is 0.148. The molecule has 21 heavy (non-hydrogen) atoms. The predicted octanol–water partition coefficient (Wildman–Crippen LogP) is 0.306. The Kier molecular flexibility index (Phi) is 4.69. The summed E-state index contributed by atoms with van der Waals surface area (Å²) in [5.41, 5.74) is 5.70. The molecule has 1 saturated heterocycles. The highest BCUT2D eigenvalue weighted by atomic mass is 32.2. The van der Waals surface area contributed by atoms with Gasteiger partial charge < -0.3 is 15.6 Å². The normalized spacial score (nSPS) is 23.1. The van der Waals surface area contributed by atoms with E-state index >= 15 is 0 Å². The van der Waals surface area contributed by atoms with Crippen LogP contribution in [0.15, 0.2) is 29.2 Å². The number of benzene rings is 1. The zero-order valence-corrected chi connectivity index (χ0v) is 13.1. The number of hydrogen-bond donors (Lipinski definition) is 2. The van der Waals surface area contributed by atoms with Crippen molar-refractivity contribution in [2.75, 3.05) is 19.7 Å². The summed E-state index contributed by atoms with van der Waals surface area (Å²) in [7, 11) is -3.62. The molecule has 1 aromatic rings. The lowest BCUT2D eigenvalue weighted by molar-refractivity contribution is -0.131. The minimum atomic E-state index is -3.62. The van der Waals surface area contributed by atoms with Gasteiger partial charge in [0, 0.05) is 19.6 Å². The van der Waals surface area contributed by atoms with Gasteiger partial charge in [-0.05, 0) is 31.5 Å². The van der Waals surface area contributed by atoms with Crippen LogP contribution in [0.3, 0.4) is 0 Å². The van der Waals surface area contributed by atoms with Crippen LogP contribution in [0, 0.1) is 0 Å². The van der Waals surface area contributed by atoms with E-state index in [0.29, 0.717) is 0 Å². The third-order valence-electron chi connectivity index (χ3n) is 3.43. The molecular formula is C14H22N2O4S. The smallest absolute Gasteiger partial charge is 0.243 e. The molecule has 1 atom stereocenters. The first kappa shape index (κ1) is 16.4. The fraction of sp³-hybridized carbons (Fsp3) is 0.571. The Morgan fingerprint density at radius 1 is 1.48 bits per heavy atom. The summed E-state index contributed by atoms with van der Waals surface area (Å²) in [6, 6.07) is 6.62. The molecule has 1 aliphatic heterocycles. The first-order valence-electron chi connectivity index (χ1n) is 6.86. The van der Waals surface area contributed by atoms with Crippen LogP contribution in [0.25, 0.3) is 0 Å². The SMILES string of the molecule is CC1(C)CN(S(=O)(=O)c2cccc(CN)c2)CC(CO)O1. The molecular weight excluding hydrogens is 292 g/mol. The van der Waals surface area contributed by atoms with Gasteiger partial charge in [-0.15, -0.1) is 0 Å². The van der Waals surface area contributed by atoms with Gasteiger partial charge in [-0.3, -0.25) is 0 Å². The standard InChI is InChI=1S/C14H22N2O4S/c1-14(2)10-16(8-12(9-17)20-14)21(18,19)13-5-3-4-11(6-13)7-15/h3-6,12,17H,7-10,15H2,1-2H3. The lowest BCUT2D eigenvalue weighted by Gasteiger charge is -2.41.